The van der Waals surface area contributed by atoms with E-state index >= 15 is 0 Å². The zero-order valence-corrected chi connectivity index (χ0v) is 7.65. The summed E-state index contributed by atoms with van der Waals surface area (Å²) in [5.41, 5.74) is 0. The van der Waals surface area contributed by atoms with Gasteiger partial charge in [-0.1, -0.05) is 25.1 Å². The van der Waals surface area contributed by atoms with E-state index < -0.39 is 0 Å². The first kappa shape index (κ1) is 13.6. The molecule has 0 aliphatic carbocycles. The molecule has 0 radical (unpaired) electrons. The number of aliphatic hydroxyl groups excluding tert-OH is 1. The summed E-state index contributed by atoms with van der Waals surface area (Å²) in [5, 5.41) is 9.58. The lowest BCUT2D eigenvalue weighted by Gasteiger charge is -1.94. The van der Waals surface area contributed by atoms with Gasteiger partial charge in [-0.15, -0.1) is 0 Å². The molecule has 0 aromatic carbocycles. The van der Waals surface area contributed by atoms with Crippen molar-refractivity contribution in [2.24, 2.45) is 11.1 Å². The van der Waals surface area contributed by atoms with E-state index in [4.69, 9.17) is 5.11 Å². The van der Waals surface area contributed by atoms with Crippen LogP contribution in [0.1, 0.15) is 13.8 Å². The predicted molar refractivity (Wildman–Crippen MR) is 47.8 cm³/mol. The van der Waals surface area contributed by atoms with Crippen LogP contribution in [0.25, 0.3) is 0 Å². The lowest BCUT2D eigenvalue weighted by atomic mass is 10.1. The van der Waals surface area contributed by atoms with Gasteiger partial charge in [0, 0.05) is 13.0 Å². The number of carbonyl (C=O) groups excluding carboxylic acids is 1. The second kappa shape index (κ2) is 9.97. The van der Waals surface area contributed by atoms with Gasteiger partial charge in [0.05, 0.1) is 6.54 Å². The van der Waals surface area contributed by atoms with Crippen molar-refractivity contribution in [3.8, 4) is 0 Å². The molecule has 0 heterocycles. The van der Waals surface area contributed by atoms with Crippen LogP contribution in [-0.4, -0.2) is 24.5 Å². The van der Waals surface area contributed by atoms with Crippen LogP contribution in [0.15, 0.2) is 17.3 Å². The van der Waals surface area contributed by atoms with E-state index in [1.165, 1.54) is 12.2 Å². The third kappa shape index (κ3) is 8.97. The number of nitroso groups, excluding NO2 is 1. The molecule has 0 aromatic heterocycles. The molecule has 0 unspecified atom stereocenters. The van der Waals surface area contributed by atoms with Gasteiger partial charge in [-0.3, -0.25) is 4.79 Å². The Hall–Kier alpha value is -1.03. The van der Waals surface area contributed by atoms with Crippen LogP contribution >= 0.6 is 0 Å². The fourth-order valence-corrected chi connectivity index (χ4v) is 0.404. The monoisotopic (exact) mass is 173 g/mol. The molecule has 0 atom stereocenters. The number of nitrogens with zero attached hydrogens (tertiary/aromatic N) is 1. The van der Waals surface area contributed by atoms with E-state index in [0.29, 0.717) is 0 Å². The van der Waals surface area contributed by atoms with Gasteiger partial charge < -0.3 is 5.11 Å². The molecule has 0 saturated heterocycles. The van der Waals surface area contributed by atoms with Gasteiger partial charge in [-0.2, -0.15) is 4.91 Å². The molecule has 0 aromatic rings. The Morgan fingerprint density at radius 3 is 2.33 bits per heavy atom. The molecule has 4 nitrogen and oxygen atoms in total. The molecule has 1 N–H and O–H groups in total. The fourth-order valence-electron chi connectivity index (χ4n) is 0.404. The standard InChI is InChI=1S/C7H11NO2.CH4O/c1-6(2)7(9)4-3-5-8-10;1-2/h3-4,6H,5H2,1-2H3;2H,1H3/b4-3+;. The van der Waals surface area contributed by atoms with Crippen LogP contribution in [0, 0.1) is 10.8 Å². The second-order valence-electron chi connectivity index (χ2n) is 2.27. The molecule has 0 rings (SSSR count). The van der Waals surface area contributed by atoms with Crippen molar-refractivity contribution in [2.75, 3.05) is 13.7 Å². The smallest absolute Gasteiger partial charge is 0.157 e. The maximum absolute atomic E-state index is 10.8. The maximum atomic E-state index is 10.8. The van der Waals surface area contributed by atoms with Gasteiger partial charge in [0.2, 0.25) is 0 Å². The fraction of sp³-hybridized carbons (Fsp3) is 0.625. The van der Waals surface area contributed by atoms with Crippen LogP contribution in [0.5, 0.6) is 0 Å². The van der Waals surface area contributed by atoms with E-state index in [0.717, 1.165) is 7.11 Å². The van der Waals surface area contributed by atoms with Crippen molar-refractivity contribution < 1.29 is 9.90 Å². The van der Waals surface area contributed by atoms with E-state index in [2.05, 4.69) is 5.18 Å². The summed E-state index contributed by atoms with van der Waals surface area (Å²) >= 11 is 0. The van der Waals surface area contributed by atoms with E-state index in [9.17, 15) is 9.70 Å². The molecular weight excluding hydrogens is 158 g/mol. The summed E-state index contributed by atoms with van der Waals surface area (Å²) in [4.78, 5) is 20.3. The maximum Gasteiger partial charge on any atom is 0.157 e. The predicted octanol–water partition coefficient (Wildman–Crippen LogP) is 1.14. The van der Waals surface area contributed by atoms with Gasteiger partial charge in [-0.05, 0) is 6.08 Å². The topological polar surface area (TPSA) is 66.7 Å². The average Bonchev–Trinajstić information content (AvgIpc) is 2.08. The Kier molecular flexibility index (Phi) is 11.3. The first-order valence-corrected chi connectivity index (χ1v) is 3.62. The number of hydrogen-bond acceptors (Lipinski definition) is 4. The van der Waals surface area contributed by atoms with Gasteiger partial charge in [-0.25, -0.2) is 0 Å². The molecule has 0 aliphatic heterocycles. The number of ketones is 1. The minimum Gasteiger partial charge on any atom is -0.400 e. The summed E-state index contributed by atoms with van der Waals surface area (Å²) in [5.74, 6) is 0.0338. The minimum absolute atomic E-state index is 0.00269. The van der Waals surface area contributed by atoms with Crippen molar-refractivity contribution in [3.05, 3.63) is 17.1 Å². The van der Waals surface area contributed by atoms with Crippen LogP contribution in [0.2, 0.25) is 0 Å². The second-order valence-corrected chi connectivity index (χ2v) is 2.27. The van der Waals surface area contributed by atoms with Crippen molar-refractivity contribution in [1.29, 1.82) is 0 Å². The third-order valence-electron chi connectivity index (χ3n) is 1.03. The Balaban J connectivity index is 0. The molecule has 0 saturated carbocycles. The summed E-state index contributed by atoms with van der Waals surface area (Å²) < 4.78 is 0. The lowest BCUT2D eigenvalue weighted by molar-refractivity contribution is -0.117. The van der Waals surface area contributed by atoms with E-state index in [1.807, 2.05) is 0 Å². The molecule has 0 fully saturated rings. The minimum atomic E-state index is 0.00269. The van der Waals surface area contributed by atoms with Gasteiger partial charge in [0.1, 0.15) is 0 Å². The largest absolute Gasteiger partial charge is 0.400 e. The van der Waals surface area contributed by atoms with Gasteiger partial charge >= 0.3 is 0 Å². The number of allylic oxidation sites excluding steroid dienone is 1. The average molecular weight is 173 g/mol. The summed E-state index contributed by atoms with van der Waals surface area (Å²) in [6.07, 6.45) is 2.86. The molecule has 12 heavy (non-hydrogen) atoms. The first-order chi connectivity index (χ1) is 5.68. The first-order valence-electron chi connectivity index (χ1n) is 3.62. The zero-order chi connectivity index (χ0) is 9.98. The Morgan fingerprint density at radius 1 is 1.50 bits per heavy atom. The molecule has 0 bridgehead atoms. The molecule has 0 aliphatic rings. The van der Waals surface area contributed by atoms with Crippen molar-refractivity contribution in [3.63, 3.8) is 0 Å². The van der Waals surface area contributed by atoms with E-state index in [1.54, 1.807) is 13.8 Å². The molecule has 0 amide bonds. The van der Waals surface area contributed by atoms with Gasteiger partial charge in [0.25, 0.3) is 0 Å². The Bertz CT molecular complexity index is 152. The van der Waals surface area contributed by atoms with Crippen LogP contribution < -0.4 is 0 Å². The SMILES string of the molecule is CC(C)C(=O)/C=C/CN=O.CO. The number of rotatable bonds is 4. The number of hydrogen-bond donors (Lipinski definition) is 1. The highest BCUT2D eigenvalue weighted by Crippen LogP contribution is 1.94. The van der Waals surface area contributed by atoms with Crippen LogP contribution in [0.4, 0.5) is 0 Å². The van der Waals surface area contributed by atoms with Crippen molar-refractivity contribution >= 4 is 5.78 Å². The molecular formula is C8H15NO3. The molecule has 70 valence electrons. The summed E-state index contributed by atoms with van der Waals surface area (Å²) in [6, 6.07) is 0. The van der Waals surface area contributed by atoms with E-state index in [-0.39, 0.29) is 18.2 Å². The Labute approximate surface area is 72.3 Å². The molecule has 0 spiro atoms. The highest BCUT2D eigenvalue weighted by atomic mass is 16.3. The summed E-state index contributed by atoms with van der Waals surface area (Å²) in [6.45, 7) is 3.69. The van der Waals surface area contributed by atoms with Crippen molar-refractivity contribution in [1.82, 2.24) is 0 Å². The van der Waals surface area contributed by atoms with Gasteiger partial charge in [0.15, 0.2) is 5.78 Å². The highest BCUT2D eigenvalue weighted by Gasteiger charge is 2.00. The van der Waals surface area contributed by atoms with Crippen LogP contribution in [-0.2, 0) is 4.79 Å². The lowest BCUT2D eigenvalue weighted by Crippen LogP contribution is -2.01. The van der Waals surface area contributed by atoms with Crippen molar-refractivity contribution in [2.45, 2.75) is 13.8 Å². The number of aliphatic hydroxyl groups is 1. The molecule has 4 heteroatoms. The quantitative estimate of drug-likeness (QED) is 0.512. The van der Waals surface area contributed by atoms with Crippen LogP contribution in [0.3, 0.4) is 0 Å². The summed E-state index contributed by atoms with van der Waals surface area (Å²) in [7, 11) is 1.00. The zero-order valence-electron chi connectivity index (χ0n) is 7.65. The Morgan fingerprint density at radius 2 is 2.00 bits per heavy atom. The highest BCUT2D eigenvalue weighted by molar-refractivity contribution is 5.91. The third-order valence-corrected chi connectivity index (χ3v) is 1.03. The number of carbonyl (C=O) groups is 1. The normalized spacial score (nSPS) is 9.42.